The van der Waals surface area contributed by atoms with E-state index in [0.29, 0.717) is 12.6 Å². The van der Waals surface area contributed by atoms with Gasteiger partial charge in [-0.1, -0.05) is 12.1 Å². The van der Waals surface area contributed by atoms with Crippen molar-refractivity contribution in [2.24, 2.45) is 0 Å². The van der Waals surface area contributed by atoms with Crippen LogP contribution in [-0.2, 0) is 4.79 Å². The summed E-state index contributed by atoms with van der Waals surface area (Å²) in [7, 11) is 1.85. The van der Waals surface area contributed by atoms with E-state index in [9.17, 15) is 9.18 Å². The standard InChI is InChI=1S/C14H19FN2O/c1-10(11-3-5-12(15)6-4-11)16-9-14(18)17(2)13-7-8-13/h3-6,10,13,16H,7-9H2,1-2H3/t10-/m1/s1. The number of halogens is 1. The first kappa shape index (κ1) is 13.0. The monoisotopic (exact) mass is 250 g/mol. The lowest BCUT2D eigenvalue weighted by molar-refractivity contribution is -0.129. The van der Waals surface area contributed by atoms with E-state index >= 15 is 0 Å². The van der Waals surface area contributed by atoms with E-state index in [2.05, 4.69) is 5.32 Å². The summed E-state index contributed by atoms with van der Waals surface area (Å²) >= 11 is 0. The number of hydrogen-bond donors (Lipinski definition) is 1. The Labute approximate surface area is 107 Å². The molecule has 1 saturated carbocycles. The fourth-order valence-corrected chi connectivity index (χ4v) is 1.90. The number of carbonyl (C=O) groups is 1. The van der Waals surface area contributed by atoms with Gasteiger partial charge in [-0.05, 0) is 37.5 Å². The smallest absolute Gasteiger partial charge is 0.236 e. The molecule has 0 saturated heterocycles. The zero-order chi connectivity index (χ0) is 13.1. The molecule has 0 spiro atoms. The van der Waals surface area contributed by atoms with Crippen LogP contribution in [0.5, 0.6) is 0 Å². The van der Waals surface area contributed by atoms with Gasteiger partial charge >= 0.3 is 0 Å². The highest BCUT2D eigenvalue weighted by Gasteiger charge is 2.29. The van der Waals surface area contributed by atoms with E-state index in [1.54, 1.807) is 12.1 Å². The van der Waals surface area contributed by atoms with Gasteiger partial charge in [-0.3, -0.25) is 4.79 Å². The third-order valence-corrected chi connectivity index (χ3v) is 3.42. The first-order valence-electron chi connectivity index (χ1n) is 6.32. The van der Waals surface area contributed by atoms with Crippen molar-refractivity contribution in [3.63, 3.8) is 0 Å². The first-order valence-corrected chi connectivity index (χ1v) is 6.32. The molecule has 1 aliphatic rings. The van der Waals surface area contributed by atoms with Gasteiger partial charge in [-0.25, -0.2) is 4.39 Å². The zero-order valence-electron chi connectivity index (χ0n) is 10.8. The highest BCUT2D eigenvalue weighted by molar-refractivity contribution is 5.78. The van der Waals surface area contributed by atoms with Gasteiger partial charge in [-0.2, -0.15) is 0 Å². The van der Waals surface area contributed by atoms with Gasteiger partial charge in [0.15, 0.2) is 0 Å². The Morgan fingerprint density at radius 1 is 1.44 bits per heavy atom. The molecular weight excluding hydrogens is 231 g/mol. The van der Waals surface area contributed by atoms with Crippen molar-refractivity contribution in [3.05, 3.63) is 35.6 Å². The second-order valence-electron chi connectivity index (χ2n) is 4.89. The Balaban J connectivity index is 1.82. The van der Waals surface area contributed by atoms with Crippen LogP contribution < -0.4 is 5.32 Å². The zero-order valence-corrected chi connectivity index (χ0v) is 10.8. The van der Waals surface area contributed by atoms with Crippen LogP contribution in [0, 0.1) is 5.82 Å². The van der Waals surface area contributed by atoms with Crippen molar-refractivity contribution >= 4 is 5.91 Å². The molecule has 3 nitrogen and oxygen atoms in total. The third-order valence-electron chi connectivity index (χ3n) is 3.42. The summed E-state index contributed by atoms with van der Waals surface area (Å²) < 4.78 is 12.8. The summed E-state index contributed by atoms with van der Waals surface area (Å²) in [6, 6.07) is 6.84. The average molecular weight is 250 g/mol. The number of nitrogens with zero attached hydrogens (tertiary/aromatic N) is 1. The topological polar surface area (TPSA) is 32.3 Å². The third kappa shape index (κ3) is 3.29. The molecule has 0 aromatic heterocycles. The van der Waals surface area contributed by atoms with Gasteiger partial charge < -0.3 is 10.2 Å². The van der Waals surface area contributed by atoms with E-state index in [-0.39, 0.29) is 17.8 Å². The van der Waals surface area contributed by atoms with Crippen LogP contribution in [0.4, 0.5) is 4.39 Å². The number of amides is 1. The maximum atomic E-state index is 12.8. The number of carbonyl (C=O) groups excluding carboxylic acids is 1. The van der Waals surface area contributed by atoms with Crippen molar-refractivity contribution in [2.45, 2.75) is 31.8 Å². The van der Waals surface area contributed by atoms with Gasteiger partial charge in [0, 0.05) is 19.1 Å². The molecule has 0 aliphatic heterocycles. The molecule has 0 heterocycles. The predicted octanol–water partition coefficient (Wildman–Crippen LogP) is 2.10. The maximum absolute atomic E-state index is 12.8. The summed E-state index contributed by atoms with van der Waals surface area (Å²) in [5, 5.41) is 3.17. The fraction of sp³-hybridized carbons (Fsp3) is 0.500. The molecule has 1 N–H and O–H groups in total. The Hall–Kier alpha value is -1.42. The molecule has 1 aromatic rings. The lowest BCUT2D eigenvalue weighted by Crippen LogP contribution is -2.37. The second-order valence-corrected chi connectivity index (χ2v) is 4.89. The summed E-state index contributed by atoms with van der Waals surface area (Å²) in [6.07, 6.45) is 2.24. The number of benzene rings is 1. The van der Waals surface area contributed by atoms with Crippen LogP contribution >= 0.6 is 0 Å². The van der Waals surface area contributed by atoms with Crippen molar-refractivity contribution in [1.82, 2.24) is 10.2 Å². The SMILES string of the molecule is C[C@@H](NCC(=O)N(C)C1CC1)c1ccc(F)cc1. The molecule has 1 aliphatic carbocycles. The molecular formula is C14H19FN2O. The number of hydrogen-bond acceptors (Lipinski definition) is 2. The Morgan fingerprint density at radius 3 is 2.61 bits per heavy atom. The van der Waals surface area contributed by atoms with Crippen molar-refractivity contribution < 1.29 is 9.18 Å². The summed E-state index contributed by atoms with van der Waals surface area (Å²) in [6.45, 7) is 2.29. The van der Waals surface area contributed by atoms with E-state index in [4.69, 9.17) is 0 Å². The molecule has 1 fully saturated rings. The molecule has 0 bridgehead atoms. The molecule has 1 atom stereocenters. The highest BCUT2D eigenvalue weighted by Crippen LogP contribution is 2.25. The second kappa shape index (κ2) is 5.48. The molecule has 2 rings (SSSR count). The molecule has 1 aromatic carbocycles. The van der Waals surface area contributed by atoms with Crippen LogP contribution in [0.2, 0.25) is 0 Å². The molecule has 98 valence electrons. The first-order chi connectivity index (χ1) is 8.58. The summed E-state index contributed by atoms with van der Waals surface area (Å²) in [5.74, 6) is -0.123. The molecule has 1 amide bonds. The minimum atomic E-state index is -0.240. The van der Waals surface area contributed by atoms with Gasteiger partial charge in [0.1, 0.15) is 5.82 Å². The Kier molecular flexibility index (Phi) is 3.97. The van der Waals surface area contributed by atoms with Crippen LogP contribution in [0.1, 0.15) is 31.4 Å². The molecule has 4 heteroatoms. The molecule has 0 radical (unpaired) electrons. The predicted molar refractivity (Wildman–Crippen MR) is 68.6 cm³/mol. The summed E-state index contributed by atoms with van der Waals surface area (Å²) in [4.78, 5) is 13.6. The number of rotatable bonds is 5. The molecule has 0 unspecified atom stereocenters. The lowest BCUT2D eigenvalue weighted by Gasteiger charge is -2.19. The van der Waals surface area contributed by atoms with Crippen LogP contribution in [0.15, 0.2) is 24.3 Å². The Bertz CT molecular complexity index is 414. The normalized spacial score (nSPS) is 16.4. The van der Waals surface area contributed by atoms with Crippen LogP contribution in [-0.4, -0.2) is 30.4 Å². The van der Waals surface area contributed by atoms with Gasteiger partial charge in [0.25, 0.3) is 0 Å². The van der Waals surface area contributed by atoms with Crippen LogP contribution in [0.25, 0.3) is 0 Å². The van der Waals surface area contributed by atoms with Gasteiger partial charge in [0.05, 0.1) is 6.54 Å². The van der Waals surface area contributed by atoms with Gasteiger partial charge in [-0.15, -0.1) is 0 Å². The summed E-state index contributed by atoms with van der Waals surface area (Å²) in [5.41, 5.74) is 0.985. The highest BCUT2D eigenvalue weighted by atomic mass is 19.1. The lowest BCUT2D eigenvalue weighted by atomic mass is 10.1. The number of nitrogens with one attached hydrogen (secondary N) is 1. The van der Waals surface area contributed by atoms with Crippen molar-refractivity contribution in [2.75, 3.05) is 13.6 Å². The minimum absolute atomic E-state index is 0.0437. The minimum Gasteiger partial charge on any atom is -0.342 e. The average Bonchev–Trinajstić information content (AvgIpc) is 3.19. The van der Waals surface area contributed by atoms with E-state index in [1.807, 2.05) is 18.9 Å². The fourth-order valence-electron chi connectivity index (χ4n) is 1.90. The Morgan fingerprint density at radius 2 is 2.06 bits per heavy atom. The molecule has 18 heavy (non-hydrogen) atoms. The van der Waals surface area contributed by atoms with Crippen molar-refractivity contribution in [1.29, 1.82) is 0 Å². The maximum Gasteiger partial charge on any atom is 0.236 e. The van der Waals surface area contributed by atoms with E-state index < -0.39 is 0 Å². The van der Waals surface area contributed by atoms with E-state index in [0.717, 1.165) is 18.4 Å². The largest absolute Gasteiger partial charge is 0.342 e. The van der Waals surface area contributed by atoms with Gasteiger partial charge in [0.2, 0.25) is 5.91 Å². The van der Waals surface area contributed by atoms with Crippen molar-refractivity contribution in [3.8, 4) is 0 Å². The van der Waals surface area contributed by atoms with E-state index in [1.165, 1.54) is 12.1 Å². The quantitative estimate of drug-likeness (QED) is 0.868. The van der Waals surface area contributed by atoms with Crippen LogP contribution in [0.3, 0.4) is 0 Å². The number of likely N-dealkylation sites (N-methyl/N-ethyl adjacent to an activating group) is 1.